The first-order chi connectivity index (χ1) is 9.99. The largest absolute Gasteiger partial charge is 0.387 e. The highest BCUT2D eigenvalue weighted by Crippen LogP contribution is 2.22. The number of nitrogens with zero attached hydrogens (tertiary/aromatic N) is 1. The first-order valence-corrected chi connectivity index (χ1v) is 7.70. The third-order valence-corrected chi connectivity index (χ3v) is 4.26. The summed E-state index contributed by atoms with van der Waals surface area (Å²) >= 11 is 0. The molecule has 0 aromatic heterocycles. The summed E-state index contributed by atoms with van der Waals surface area (Å²) in [5.41, 5.74) is 3.35. The van der Waals surface area contributed by atoms with Crippen LogP contribution in [0, 0.1) is 19.8 Å². The van der Waals surface area contributed by atoms with E-state index in [2.05, 4.69) is 42.3 Å². The van der Waals surface area contributed by atoms with Crippen molar-refractivity contribution >= 4 is 5.91 Å². The van der Waals surface area contributed by atoms with Crippen LogP contribution in [0.15, 0.2) is 18.2 Å². The van der Waals surface area contributed by atoms with Crippen molar-refractivity contribution in [3.05, 3.63) is 34.9 Å². The van der Waals surface area contributed by atoms with Gasteiger partial charge in [0.25, 0.3) is 0 Å². The molecule has 2 N–H and O–H groups in total. The molecular weight excluding hydrogens is 264 g/mol. The van der Waals surface area contributed by atoms with E-state index in [1.165, 1.54) is 11.1 Å². The highest BCUT2D eigenvalue weighted by Gasteiger charge is 2.25. The number of benzene rings is 1. The highest BCUT2D eigenvalue weighted by atomic mass is 16.3. The van der Waals surface area contributed by atoms with Gasteiger partial charge in [-0.15, -0.1) is 0 Å². The Balaban J connectivity index is 1.89. The zero-order chi connectivity index (χ0) is 15.4. The summed E-state index contributed by atoms with van der Waals surface area (Å²) in [7, 11) is 1.69. The lowest BCUT2D eigenvalue weighted by molar-refractivity contribution is -0.126. The molecule has 0 saturated carbocycles. The van der Waals surface area contributed by atoms with Gasteiger partial charge in [0.1, 0.15) is 0 Å². The first-order valence-electron chi connectivity index (χ1n) is 7.70. The molecule has 1 atom stereocenters. The van der Waals surface area contributed by atoms with E-state index < -0.39 is 6.10 Å². The molecule has 0 radical (unpaired) electrons. The Bertz CT molecular complexity index is 473. The summed E-state index contributed by atoms with van der Waals surface area (Å²) in [4.78, 5) is 13.9. The fourth-order valence-corrected chi connectivity index (χ4v) is 3.13. The molecule has 1 aliphatic heterocycles. The van der Waals surface area contributed by atoms with Crippen molar-refractivity contribution in [2.24, 2.45) is 5.92 Å². The molecule has 116 valence electrons. The van der Waals surface area contributed by atoms with Crippen LogP contribution in [-0.2, 0) is 4.79 Å². The van der Waals surface area contributed by atoms with Gasteiger partial charge in [-0.3, -0.25) is 4.79 Å². The van der Waals surface area contributed by atoms with Gasteiger partial charge < -0.3 is 15.3 Å². The number of hydrogen-bond donors (Lipinski definition) is 2. The number of aliphatic hydroxyl groups is 1. The second kappa shape index (κ2) is 7.05. The van der Waals surface area contributed by atoms with Crippen molar-refractivity contribution in [2.75, 3.05) is 26.7 Å². The van der Waals surface area contributed by atoms with Crippen molar-refractivity contribution in [1.82, 2.24) is 10.2 Å². The predicted molar refractivity (Wildman–Crippen MR) is 84.1 cm³/mol. The number of carbonyl (C=O) groups excluding carboxylic acids is 1. The molecule has 1 aliphatic rings. The zero-order valence-corrected chi connectivity index (χ0v) is 13.2. The van der Waals surface area contributed by atoms with Crippen LogP contribution in [0.1, 0.15) is 35.6 Å². The minimum atomic E-state index is -0.458. The lowest BCUT2D eigenvalue weighted by Crippen LogP contribution is -2.41. The van der Waals surface area contributed by atoms with Crippen LogP contribution in [-0.4, -0.2) is 42.6 Å². The summed E-state index contributed by atoms with van der Waals surface area (Å²) in [6.07, 6.45) is 1.29. The number of carbonyl (C=O) groups is 1. The van der Waals surface area contributed by atoms with Gasteiger partial charge in [-0.05, 0) is 45.3 Å². The summed E-state index contributed by atoms with van der Waals surface area (Å²) in [6, 6.07) is 6.22. The van der Waals surface area contributed by atoms with Crippen LogP contribution in [0.25, 0.3) is 0 Å². The van der Waals surface area contributed by atoms with Crippen LogP contribution in [0.3, 0.4) is 0 Å². The van der Waals surface area contributed by atoms with E-state index in [1.807, 2.05) is 0 Å². The molecule has 4 heteroatoms. The number of aryl methyl sites for hydroxylation is 2. The molecule has 0 spiro atoms. The molecule has 1 aromatic carbocycles. The molecule has 0 bridgehead atoms. The SMILES string of the molecule is CNC(=O)C1CCN(CC(O)c2cc(C)cc(C)c2)CC1. The van der Waals surface area contributed by atoms with Crippen molar-refractivity contribution in [1.29, 1.82) is 0 Å². The van der Waals surface area contributed by atoms with E-state index in [-0.39, 0.29) is 11.8 Å². The molecule has 1 fully saturated rings. The van der Waals surface area contributed by atoms with Gasteiger partial charge in [-0.2, -0.15) is 0 Å². The van der Waals surface area contributed by atoms with Crippen molar-refractivity contribution in [2.45, 2.75) is 32.8 Å². The Hall–Kier alpha value is -1.39. The third kappa shape index (κ3) is 4.29. The Morgan fingerprint density at radius 2 is 1.86 bits per heavy atom. The molecule has 0 aliphatic carbocycles. The molecule has 4 nitrogen and oxygen atoms in total. The monoisotopic (exact) mass is 290 g/mol. The summed E-state index contributed by atoms with van der Waals surface area (Å²) in [5, 5.41) is 13.1. The molecule has 1 saturated heterocycles. The Morgan fingerprint density at radius 3 is 2.38 bits per heavy atom. The van der Waals surface area contributed by atoms with E-state index in [9.17, 15) is 9.90 Å². The van der Waals surface area contributed by atoms with Crippen LogP contribution < -0.4 is 5.32 Å². The number of nitrogens with one attached hydrogen (secondary N) is 1. The molecule has 21 heavy (non-hydrogen) atoms. The van der Waals surface area contributed by atoms with Gasteiger partial charge in [-0.25, -0.2) is 0 Å². The van der Waals surface area contributed by atoms with Gasteiger partial charge >= 0.3 is 0 Å². The number of piperidine rings is 1. The fraction of sp³-hybridized carbons (Fsp3) is 0.588. The maximum Gasteiger partial charge on any atom is 0.222 e. The second-order valence-corrected chi connectivity index (χ2v) is 6.13. The topological polar surface area (TPSA) is 52.6 Å². The van der Waals surface area contributed by atoms with E-state index in [1.54, 1.807) is 7.05 Å². The molecular formula is C17H26N2O2. The Labute approximate surface area is 127 Å². The van der Waals surface area contributed by atoms with Gasteiger partial charge in [0.2, 0.25) is 5.91 Å². The number of likely N-dealkylation sites (tertiary alicyclic amines) is 1. The summed E-state index contributed by atoms with van der Waals surface area (Å²) < 4.78 is 0. The lowest BCUT2D eigenvalue weighted by Gasteiger charge is -2.32. The molecule has 1 unspecified atom stereocenters. The number of rotatable bonds is 4. The van der Waals surface area contributed by atoms with E-state index in [0.717, 1.165) is 31.5 Å². The maximum atomic E-state index is 11.6. The van der Waals surface area contributed by atoms with Gasteiger partial charge in [0.15, 0.2) is 0 Å². The third-order valence-electron chi connectivity index (χ3n) is 4.26. The number of β-amino-alcohol motifs (C(OH)–C–C–N with tert-alkyl or cyclic N) is 1. The number of amides is 1. The highest BCUT2D eigenvalue weighted by molar-refractivity contribution is 5.78. The molecule has 1 heterocycles. The quantitative estimate of drug-likeness (QED) is 0.889. The fourth-order valence-electron chi connectivity index (χ4n) is 3.13. The first kappa shape index (κ1) is 16.0. The van der Waals surface area contributed by atoms with E-state index >= 15 is 0 Å². The lowest BCUT2D eigenvalue weighted by atomic mass is 9.95. The number of hydrogen-bond acceptors (Lipinski definition) is 3. The Morgan fingerprint density at radius 1 is 1.29 bits per heavy atom. The van der Waals surface area contributed by atoms with Crippen LogP contribution in [0.2, 0.25) is 0 Å². The van der Waals surface area contributed by atoms with E-state index in [4.69, 9.17) is 0 Å². The van der Waals surface area contributed by atoms with Crippen molar-refractivity contribution in [3.63, 3.8) is 0 Å². The number of aliphatic hydroxyl groups excluding tert-OH is 1. The van der Waals surface area contributed by atoms with Gasteiger partial charge in [0, 0.05) is 19.5 Å². The Kier molecular flexibility index (Phi) is 5.37. The predicted octanol–water partition coefficient (Wildman–Crippen LogP) is 1.79. The average molecular weight is 290 g/mol. The average Bonchev–Trinajstić information content (AvgIpc) is 2.46. The molecule has 1 aromatic rings. The van der Waals surface area contributed by atoms with Crippen LogP contribution >= 0.6 is 0 Å². The minimum Gasteiger partial charge on any atom is -0.387 e. The van der Waals surface area contributed by atoms with Crippen molar-refractivity contribution in [3.8, 4) is 0 Å². The van der Waals surface area contributed by atoms with E-state index in [0.29, 0.717) is 6.54 Å². The minimum absolute atomic E-state index is 0.129. The van der Waals surface area contributed by atoms with Crippen LogP contribution in [0.5, 0.6) is 0 Å². The molecule has 2 rings (SSSR count). The standard InChI is InChI=1S/C17H26N2O2/c1-12-8-13(2)10-15(9-12)16(20)11-19-6-4-14(5-7-19)17(21)18-3/h8-10,14,16,20H,4-7,11H2,1-3H3,(H,18,21). The smallest absolute Gasteiger partial charge is 0.222 e. The normalized spacial score (nSPS) is 18.5. The molecule has 1 amide bonds. The van der Waals surface area contributed by atoms with Gasteiger partial charge in [-0.1, -0.05) is 29.3 Å². The second-order valence-electron chi connectivity index (χ2n) is 6.13. The van der Waals surface area contributed by atoms with Gasteiger partial charge in [0.05, 0.1) is 6.10 Å². The summed E-state index contributed by atoms with van der Waals surface area (Å²) in [6.45, 7) is 6.50. The zero-order valence-electron chi connectivity index (χ0n) is 13.2. The van der Waals surface area contributed by atoms with Crippen molar-refractivity contribution < 1.29 is 9.90 Å². The van der Waals surface area contributed by atoms with Crippen LogP contribution in [0.4, 0.5) is 0 Å². The maximum absolute atomic E-state index is 11.6. The summed E-state index contributed by atoms with van der Waals surface area (Å²) in [5.74, 6) is 0.272.